The maximum absolute atomic E-state index is 13.7. The number of hydrogen-bond acceptors (Lipinski definition) is 3. The predicted molar refractivity (Wildman–Crippen MR) is 81.3 cm³/mol. The smallest absolute Gasteiger partial charge is 0.255 e. The summed E-state index contributed by atoms with van der Waals surface area (Å²) in [4.78, 5) is 12.2. The highest BCUT2D eigenvalue weighted by molar-refractivity contribution is 5.97. The molecular weight excluding hydrogens is 304 g/mol. The van der Waals surface area contributed by atoms with E-state index in [9.17, 15) is 18.7 Å². The minimum Gasteiger partial charge on any atom is -0.490 e. The van der Waals surface area contributed by atoms with Crippen molar-refractivity contribution in [2.75, 3.05) is 13.2 Å². The van der Waals surface area contributed by atoms with Crippen molar-refractivity contribution in [3.8, 4) is 5.75 Å². The second-order valence-corrected chi connectivity index (χ2v) is 4.83. The molecule has 0 aliphatic heterocycles. The average Bonchev–Trinajstić information content (AvgIpc) is 2.55. The molecule has 0 fully saturated rings. The lowest BCUT2D eigenvalue weighted by Crippen LogP contribution is -2.29. The zero-order valence-electron chi connectivity index (χ0n) is 12.6. The Morgan fingerprint density at radius 1 is 1.22 bits per heavy atom. The maximum atomic E-state index is 13.7. The van der Waals surface area contributed by atoms with Gasteiger partial charge in [-0.1, -0.05) is 18.2 Å². The molecule has 6 heteroatoms. The number of para-hydroxylation sites is 1. The van der Waals surface area contributed by atoms with Gasteiger partial charge in [0.05, 0.1) is 18.3 Å². The van der Waals surface area contributed by atoms with Crippen LogP contribution in [-0.4, -0.2) is 24.2 Å². The van der Waals surface area contributed by atoms with Crippen LogP contribution < -0.4 is 10.1 Å². The topological polar surface area (TPSA) is 58.6 Å². The monoisotopic (exact) mass is 321 g/mol. The number of rotatable bonds is 6. The maximum Gasteiger partial charge on any atom is 0.255 e. The first kappa shape index (κ1) is 16.9. The molecule has 2 aromatic rings. The number of aliphatic hydroxyl groups excluding tert-OH is 1. The molecule has 2 rings (SSSR count). The van der Waals surface area contributed by atoms with E-state index in [0.29, 0.717) is 5.56 Å². The fourth-order valence-electron chi connectivity index (χ4n) is 2.07. The number of carbonyl (C=O) groups excluding carboxylic acids is 1. The normalized spacial score (nSPS) is 11.8. The van der Waals surface area contributed by atoms with Gasteiger partial charge in [-0.25, -0.2) is 8.78 Å². The zero-order valence-corrected chi connectivity index (χ0v) is 12.6. The molecule has 1 amide bonds. The van der Waals surface area contributed by atoms with E-state index in [1.54, 1.807) is 6.92 Å². The predicted octanol–water partition coefficient (Wildman–Crippen LogP) is 2.83. The van der Waals surface area contributed by atoms with E-state index in [2.05, 4.69) is 5.32 Å². The van der Waals surface area contributed by atoms with Gasteiger partial charge in [0.25, 0.3) is 5.91 Å². The van der Waals surface area contributed by atoms with Crippen LogP contribution in [0.15, 0.2) is 42.5 Å². The molecule has 1 atom stereocenters. The standard InChI is InChI=1S/C17H17F2NO3/c1-2-23-16-13(4-3-5-14(16)19)17(22)20-10-15(21)11-6-8-12(18)9-7-11/h3-9,15,21H,2,10H2,1H3,(H,20,22). The van der Waals surface area contributed by atoms with E-state index in [1.807, 2.05) is 0 Å². The summed E-state index contributed by atoms with van der Waals surface area (Å²) in [6.45, 7) is 1.82. The van der Waals surface area contributed by atoms with Crippen LogP contribution in [0, 0.1) is 11.6 Å². The average molecular weight is 321 g/mol. The Morgan fingerprint density at radius 2 is 1.91 bits per heavy atom. The van der Waals surface area contributed by atoms with Crippen LogP contribution in [0.5, 0.6) is 5.75 Å². The summed E-state index contributed by atoms with van der Waals surface area (Å²) in [5.74, 6) is -1.72. The quantitative estimate of drug-likeness (QED) is 0.860. The molecule has 0 aromatic heterocycles. The van der Waals surface area contributed by atoms with Crippen LogP contribution in [0.3, 0.4) is 0 Å². The number of nitrogens with one attached hydrogen (secondary N) is 1. The van der Waals surface area contributed by atoms with Gasteiger partial charge in [-0.05, 0) is 36.8 Å². The zero-order chi connectivity index (χ0) is 16.8. The first-order valence-electron chi connectivity index (χ1n) is 7.16. The summed E-state index contributed by atoms with van der Waals surface area (Å²) in [6, 6.07) is 9.35. The van der Waals surface area contributed by atoms with E-state index in [1.165, 1.54) is 42.5 Å². The van der Waals surface area contributed by atoms with Crippen LogP contribution in [0.25, 0.3) is 0 Å². The summed E-state index contributed by atoms with van der Waals surface area (Å²) in [5.41, 5.74) is 0.522. The lowest BCUT2D eigenvalue weighted by Gasteiger charge is -2.14. The van der Waals surface area contributed by atoms with Gasteiger partial charge in [-0.3, -0.25) is 4.79 Å². The van der Waals surface area contributed by atoms with Crippen LogP contribution in [0.2, 0.25) is 0 Å². The van der Waals surface area contributed by atoms with Crippen molar-refractivity contribution in [1.82, 2.24) is 5.32 Å². The van der Waals surface area contributed by atoms with Crippen molar-refractivity contribution in [2.24, 2.45) is 0 Å². The summed E-state index contributed by atoms with van der Waals surface area (Å²) in [7, 11) is 0. The van der Waals surface area contributed by atoms with Gasteiger partial charge in [-0.15, -0.1) is 0 Å². The third-order valence-electron chi connectivity index (χ3n) is 3.21. The highest BCUT2D eigenvalue weighted by Crippen LogP contribution is 2.23. The second kappa shape index (κ2) is 7.69. The Labute approximate surface area is 132 Å². The minimum atomic E-state index is -0.997. The molecule has 2 aromatic carbocycles. The van der Waals surface area contributed by atoms with Gasteiger partial charge in [0, 0.05) is 6.54 Å². The van der Waals surface area contributed by atoms with Crippen molar-refractivity contribution in [3.05, 3.63) is 65.2 Å². The third kappa shape index (κ3) is 4.26. The lowest BCUT2D eigenvalue weighted by molar-refractivity contribution is 0.0911. The Bertz CT molecular complexity index is 674. The van der Waals surface area contributed by atoms with Gasteiger partial charge in [0.15, 0.2) is 11.6 Å². The first-order valence-corrected chi connectivity index (χ1v) is 7.16. The van der Waals surface area contributed by atoms with E-state index >= 15 is 0 Å². The Hall–Kier alpha value is -2.47. The van der Waals surface area contributed by atoms with Crippen molar-refractivity contribution in [2.45, 2.75) is 13.0 Å². The Morgan fingerprint density at radius 3 is 2.57 bits per heavy atom. The molecule has 23 heavy (non-hydrogen) atoms. The summed E-state index contributed by atoms with van der Waals surface area (Å²) < 4.78 is 31.7. The van der Waals surface area contributed by atoms with Crippen LogP contribution in [0.4, 0.5) is 8.78 Å². The van der Waals surface area contributed by atoms with Crippen molar-refractivity contribution < 1.29 is 23.4 Å². The molecule has 0 bridgehead atoms. The third-order valence-corrected chi connectivity index (χ3v) is 3.21. The van der Waals surface area contributed by atoms with Crippen LogP contribution >= 0.6 is 0 Å². The van der Waals surface area contributed by atoms with E-state index < -0.39 is 23.6 Å². The number of carbonyl (C=O) groups is 1. The highest BCUT2D eigenvalue weighted by atomic mass is 19.1. The van der Waals surface area contributed by atoms with E-state index in [0.717, 1.165) is 0 Å². The minimum absolute atomic E-state index is 0.0538. The molecule has 0 saturated heterocycles. The molecule has 0 spiro atoms. The van der Waals surface area contributed by atoms with Gasteiger partial charge in [0.1, 0.15) is 5.82 Å². The molecule has 0 aliphatic carbocycles. The van der Waals surface area contributed by atoms with E-state index in [-0.39, 0.29) is 24.5 Å². The molecule has 0 heterocycles. The van der Waals surface area contributed by atoms with Gasteiger partial charge in [-0.2, -0.15) is 0 Å². The van der Waals surface area contributed by atoms with Crippen LogP contribution in [-0.2, 0) is 0 Å². The SMILES string of the molecule is CCOc1c(F)cccc1C(=O)NCC(O)c1ccc(F)cc1. The second-order valence-electron chi connectivity index (χ2n) is 4.83. The number of halogens is 2. The molecule has 1 unspecified atom stereocenters. The molecular formula is C17H17F2NO3. The number of ether oxygens (including phenoxy) is 1. The van der Waals surface area contributed by atoms with Gasteiger partial charge in [0.2, 0.25) is 0 Å². The van der Waals surface area contributed by atoms with Gasteiger partial charge >= 0.3 is 0 Å². The molecule has 0 aliphatic rings. The number of aliphatic hydroxyl groups is 1. The fraction of sp³-hybridized carbons (Fsp3) is 0.235. The first-order chi connectivity index (χ1) is 11.0. The van der Waals surface area contributed by atoms with E-state index in [4.69, 9.17) is 4.74 Å². The molecule has 0 radical (unpaired) electrons. The number of benzene rings is 2. The Kier molecular flexibility index (Phi) is 5.65. The molecule has 2 N–H and O–H groups in total. The molecule has 4 nitrogen and oxygen atoms in total. The molecule has 122 valence electrons. The van der Waals surface area contributed by atoms with Gasteiger partial charge < -0.3 is 15.2 Å². The van der Waals surface area contributed by atoms with Crippen LogP contribution in [0.1, 0.15) is 28.9 Å². The highest BCUT2D eigenvalue weighted by Gasteiger charge is 2.17. The Balaban J connectivity index is 2.05. The van der Waals surface area contributed by atoms with Crippen molar-refractivity contribution >= 4 is 5.91 Å². The largest absolute Gasteiger partial charge is 0.490 e. The summed E-state index contributed by atoms with van der Waals surface area (Å²) in [6.07, 6.45) is -0.997. The summed E-state index contributed by atoms with van der Waals surface area (Å²) >= 11 is 0. The van der Waals surface area contributed by atoms with Crippen molar-refractivity contribution in [1.29, 1.82) is 0 Å². The lowest BCUT2D eigenvalue weighted by atomic mass is 10.1. The number of amides is 1. The fourth-order valence-corrected chi connectivity index (χ4v) is 2.07. The molecule has 0 saturated carbocycles. The van der Waals surface area contributed by atoms with Crippen molar-refractivity contribution in [3.63, 3.8) is 0 Å². The number of hydrogen-bond donors (Lipinski definition) is 2. The summed E-state index contributed by atoms with van der Waals surface area (Å²) in [5, 5.41) is 12.5.